The van der Waals surface area contributed by atoms with Crippen LogP contribution in [0.15, 0.2) is 0 Å². The van der Waals surface area contributed by atoms with Crippen LogP contribution in [0.2, 0.25) is 6.04 Å². The summed E-state index contributed by atoms with van der Waals surface area (Å²) in [4.78, 5) is 51.6. The summed E-state index contributed by atoms with van der Waals surface area (Å²) in [6, 6.07) is -0.274. The van der Waals surface area contributed by atoms with Crippen molar-refractivity contribution in [3.63, 3.8) is 0 Å². The molecule has 2 saturated heterocycles. The van der Waals surface area contributed by atoms with E-state index in [4.69, 9.17) is 32.2 Å². The second-order valence-corrected chi connectivity index (χ2v) is 17.8. The average molecular weight is 881 g/mol. The van der Waals surface area contributed by atoms with Gasteiger partial charge in [0, 0.05) is 44.3 Å². The Morgan fingerprint density at radius 1 is 0.679 bits per heavy atom. The molecule has 2 fully saturated rings. The fraction of sp³-hybridized carbons (Fsp3) is 0.886. The molecule has 2 aliphatic heterocycles. The van der Waals surface area contributed by atoms with Crippen molar-refractivity contribution in [1.29, 1.82) is 0 Å². The van der Waals surface area contributed by atoms with E-state index in [1.807, 2.05) is 62.3 Å². The predicted octanol–water partition coefficient (Wildman–Crippen LogP) is 6.29. The zero-order valence-electron chi connectivity index (χ0n) is 33.6. The van der Waals surface area contributed by atoms with Crippen molar-refractivity contribution in [2.24, 2.45) is 0 Å². The van der Waals surface area contributed by atoms with Crippen LogP contribution in [-0.4, -0.2) is 131 Å². The zero-order chi connectivity index (χ0) is 38.5. The molecule has 14 nitrogen and oxygen atoms in total. The van der Waals surface area contributed by atoms with Crippen molar-refractivity contribution >= 4 is 75.9 Å². The Morgan fingerprint density at radius 3 is 1.45 bits per heavy atom. The van der Waals surface area contributed by atoms with E-state index < -0.39 is 44.3 Å². The van der Waals surface area contributed by atoms with E-state index >= 15 is 0 Å². The molecule has 18 heteroatoms. The van der Waals surface area contributed by atoms with E-state index in [0.717, 1.165) is 50.1 Å². The molecule has 2 heterocycles. The van der Waals surface area contributed by atoms with Crippen LogP contribution in [-0.2, 0) is 41.8 Å². The van der Waals surface area contributed by atoms with Crippen LogP contribution >= 0.6 is 42.9 Å². The number of hydrogen-bond donors (Lipinski definition) is 1. The first kappa shape index (κ1) is 53.8. The highest BCUT2D eigenvalue weighted by molar-refractivity contribution is 9.09. The fourth-order valence-corrected chi connectivity index (χ4v) is 8.29. The van der Waals surface area contributed by atoms with Crippen LogP contribution in [0, 0.1) is 0 Å². The first-order chi connectivity index (χ1) is 24.0. The van der Waals surface area contributed by atoms with Crippen LogP contribution in [0.5, 0.6) is 0 Å². The van der Waals surface area contributed by atoms with Gasteiger partial charge in [0.15, 0.2) is 0 Å². The van der Waals surface area contributed by atoms with E-state index in [1.165, 1.54) is 9.80 Å². The number of rotatable bonds is 19. The minimum atomic E-state index is -2.58. The molecule has 0 unspecified atom stereocenters. The molecule has 0 aliphatic carbocycles. The average Bonchev–Trinajstić information content (AvgIpc) is 3.73. The fourth-order valence-electron chi connectivity index (χ4n) is 5.45. The zero-order valence-corrected chi connectivity index (χ0v) is 38.2. The van der Waals surface area contributed by atoms with Crippen LogP contribution in [0.25, 0.3) is 0 Å². The summed E-state index contributed by atoms with van der Waals surface area (Å²) in [5, 5.41) is 4.15. The molecule has 2 atom stereocenters. The predicted molar refractivity (Wildman–Crippen MR) is 221 cm³/mol. The topological polar surface area (TPSA) is 151 Å². The molecule has 0 aromatic carbocycles. The standard InChI is InChI=1S/C22H44N2O7Si.C13H22BrNO4.2H2S/c1-7-28-32(29-8-2,30-9-3)18-12-15-23-14-11-17-27-20(25)19-13-10-16-24(19)21(26)31-22(4,5)6;1-13(2,3)19-12(17)15-8-4-6-10(15)11(16)18-9-5-7-14;;/h19,23H,7-18H2,1-6H3;10H,4-9H2,1-3H3;2*1H2/t19-;10-;;/m00../s1. The summed E-state index contributed by atoms with van der Waals surface area (Å²) in [5.41, 5.74) is -1.14. The van der Waals surface area contributed by atoms with Gasteiger partial charge in [0.1, 0.15) is 23.3 Å². The van der Waals surface area contributed by atoms with E-state index in [2.05, 4.69) is 21.2 Å². The number of hydrogen-bond acceptors (Lipinski definition) is 12. The van der Waals surface area contributed by atoms with Crippen molar-refractivity contribution in [3.8, 4) is 0 Å². The third kappa shape index (κ3) is 22.2. The molecule has 314 valence electrons. The van der Waals surface area contributed by atoms with Crippen molar-refractivity contribution in [2.75, 3.05) is 64.5 Å². The molecule has 2 amide bonds. The SMILES string of the molecule is CC(C)(C)OC(=O)N1CCC[C@H]1C(=O)OCCCBr.CCO[Si](CCCNCCCOC(=O)[C@@H]1CCCN1C(=O)OC(C)(C)C)(OCC)OCC.S.S. The Kier molecular flexibility index (Phi) is 28.6. The second kappa shape index (κ2) is 28.2. The van der Waals surface area contributed by atoms with Gasteiger partial charge >= 0.3 is 32.9 Å². The van der Waals surface area contributed by atoms with Gasteiger partial charge in [0.05, 0.1) is 13.2 Å². The maximum atomic E-state index is 12.4. The molecule has 0 spiro atoms. The maximum absolute atomic E-state index is 12.4. The molecule has 1 N–H and O–H groups in total. The number of halogens is 1. The number of nitrogens with one attached hydrogen (secondary N) is 1. The number of esters is 2. The van der Waals surface area contributed by atoms with Crippen LogP contribution < -0.4 is 5.32 Å². The van der Waals surface area contributed by atoms with Gasteiger partial charge in [-0.2, -0.15) is 27.0 Å². The molecule has 0 saturated carbocycles. The number of amides is 2. The molecule has 0 aromatic heterocycles. The lowest BCUT2D eigenvalue weighted by molar-refractivity contribution is -0.149. The molecule has 0 bridgehead atoms. The molecule has 0 radical (unpaired) electrons. The van der Waals surface area contributed by atoms with Gasteiger partial charge in [0.2, 0.25) is 0 Å². The van der Waals surface area contributed by atoms with Crippen molar-refractivity contribution in [2.45, 2.75) is 137 Å². The molecule has 0 aromatic rings. The van der Waals surface area contributed by atoms with Gasteiger partial charge in [-0.05, 0) is 120 Å². The van der Waals surface area contributed by atoms with Crippen LogP contribution in [0.1, 0.15) is 107 Å². The minimum absolute atomic E-state index is 0. The maximum Gasteiger partial charge on any atom is 0.500 e. The van der Waals surface area contributed by atoms with Gasteiger partial charge < -0.3 is 37.5 Å². The summed E-state index contributed by atoms with van der Waals surface area (Å²) < 4.78 is 38.8. The van der Waals surface area contributed by atoms with Crippen molar-refractivity contribution in [3.05, 3.63) is 0 Å². The molecule has 2 rings (SSSR count). The quantitative estimate of drug-likeness (QED) is 0.0511. The highest BCUT2D eigenvalue weighted by atomic mass is 79.9. The number of nitrogens with zero attached hydrogens (tertiary/aromatic N) is 2. The molecule has 53 heavy (non-hydrogen) atoms. The number of ether oxygens (including phenoxy) is 4. The first-order valence-corrected chi connectivity index (χ1v) is 21.6. The number of alkyl halides is 1. The summed E-state index contributed by atoms with van der Waals surface area (Å²) >= 11 is 3.28. The lowest BCUT2D eigenvalue weighted by Crippen LogP contribution is -2.46. The minimum Gasteiger partial charge on any atom is -0.464 e. The number of carbonyl (C=O) groups is 4. The summed E-state index contributed by atoms with van der Waals surface area (Å²) in [6.07, 6.45) is 4.30. The highest BCUT2D eigenvalue weighted by Crippen LogP contribution is 2.23. The Labute approximate surface area is 342 Å². The normalized spacial score (nSPS) is 17.2. The Morgan fingerprint density at radius 2 is 1.08 bits per heavy atom. The van der Waals surface area contributed by atoms with Gasteiger partial charge in [-0.1, -0.05) is 15.9 Å². The Bertz CT molecular complexity index is 1040. The number of likely N-dealkylation sites (tertiary alicyclic amines) is 2. The van der Waals surface area contributed by atoms with E-state index in [1.54, 1.807) is 0 Å². The lowest BCUT2D eigenvalue weighted by atomic mass is 10.2. The van der Waals surface area contributed by atoms with Crippen LogP contribution in [0.4, 0.5) is 9.59 Å². The van der Waals surface area contributed by atoms with Crippen molar-refractivity contribution < 1.29 is 51.4 Å². The summed E-state index contributed by atoms with van der Waals surface area (Å²) in [7, 11) is -2.58. The van der Waals surface area contributed by atoms with Crippen molar-refractivity contribution in [1.82, 2.24) is 15.1 Å². The van der Waals surface area contributed by atoms with E-state index in [-0.39, 0.29) is 38.9 Å². The monoisotopic (exact) mass is 879 g/mol. The molecule has 2 aliphatic rings. The first-order valence-electron chi connectivity index (χ1n) is 18.5. The molecular weight excluding hydrogens is 811 g/mol. The third-order valence-electron chi connectivity index (χ3n) is 7.50. The summed E-state index contributed by atoms with van der Waals surface area (Å²) in [5.74, 6) is -0.682. The van der Waals surface area contributed by atoms with Gasteiger partial charge in [0.25, 0.3) is 0 Å². The van der Waals surface area contributed by atoms with Gasteiger partial charge in [-0.3, -0.25) is 9.80 Å². The second-order valence-electron chi connectivity index (χ2n) is 14.2. The lowest BCUT2D eigenvalue weighted by Gasteiger charge is -2.28. The van der Waals surface area contributed by atoms with E-state index in [9.17, 15) is 19.2 Å². The van der Waals surface area contributed by atoms with Gasteiger partial charge in [-0.25, -0.2) is 19.2 Å². The van der Waals surface area contributed by atoms with Gasteiger partial charge in [-0.15, -0.1) is 0 Å². The third-order valence-corrected chi connectivity index (χ3v) is 11.2. The molecular formula is C35H70BrN3O11S2Si. The van der Waals surface area contributed by atoms with E-state index in [0.29, 0.717) is 65.4 Å². The summed E-state index contributed by atoms with van der Waals surface area (Å²) in [6.45, 7) is 21.8. The number of carbonyl (C=O) groups excluding carboxylic acids is 4. The highest BCUT2D eigenvalue weighted by Gasteiger charge is 2.40. The van der Waals surface area contributed by atoms with Crippen LogP contribution in [0.3, 0.4) is 0 Å². The Balaban J connectivity index is 0. The largest absolute Gasteiger partial charge is 0.500 e. The Hall–Kier alpha value is -1.28. The smallest absolute Gasteiger partial charge is 0.464 e.